The first-order valence-electron chi connectivity index (χ1n) is 6.00. The van der Waals surface area contributed by atoms with E-state index in [1.54, 1.807) is 25.1 Å². The second-order valence-electron chi connectivity index (χ2n) is 4.49. The third kappa shape index (κ3) is 1.72. The van der Waals surface area contributed by atoms with Crippen molar-refractivity contribution in [1.29, 1.82) is 5.26 Å². The van der Waals surface area contributed by atoms with Crippen LogP contribution in [0.3, 0.4) is 0 Å². The molecule has 0 saturated heterocycles. The molecular weight excluding hydrogens is 259 g/mol. The SMILES string of the molecule is Cc1nc2c([nH]1)C(c1ccccc1F)C(C#N)=C(N)O2. The first kappa shape index (κ1) is 12.2. The number of aromatic amines is 1. The van der Waals surface area contributed by atoms with Gasteiger partial charge in [-0.1, -0.05) is 18.2 Å². The van der Waals surface area contributed by atoms with Crippen molar-refractivity contribution in [3.05, 3.63) is 58.6 Å². The van der Waals surface area contributed by atoms with Crippen LogP contribution in [-0.2, 0) is 0 Å². The fraction of sp³-hybridized carbons (Fsp3) is 0.143. The molecule has 100 valence electrons. The molecule has 1 atom stereocenters. The van der Waals surface area contributed by atoms with Crippen LogP contribution < -0.4 is 10.5 Å². The standard InChI is InChI=1S/C14H11FN4O/c1-7-18-12-11(8-4-2-3-5-10(8)15)9(6-16)13(17)20-14(12)19-7/h2-5,11H,17H2,1H3,(H,18,19). The number of benzene rings is 1. The van der Waals surface area contributed by atoms with E-state index in [2.05, 4.69) is 9.97 Å². The number of nitrogens with two attached hydrogens (primary N) is 1. The highest BCUT2D eigenvalue weighted by Crippen LogP contribution is 2.41. The molecule has 1 aliphatic heterocycles. The van der Waals surface area contributed by atoms with Crippen LogP contribution in [0.2, 0.25) is 0 Å². The highest BCUT2D eigenvalue weighted by atomic mass is 19.1. The van der Waals surface area contributed by atoms with E-state index >= 15 is 0 Å². The van der Waals surface area contributed by atoms with Crippen LogP contribution in [0.4, 0.5) is 4.39 Å². The number of nitrogens with zero attached hydrogens (tertiary/aromatic N) is 2. The Hall–Kier alpha value is -2.81. The van der Waals surface area contributed by atoms with E-state index in [0.717, 1.165) is 0 Å². The zero-order valence-electron chi connectivity index (χ0n) is 10.6. The number of hydrogen-bond donors (Lipinski definition) is 2. The number of H-pyrrole nitrogens is 1. The highest BCUT2D eigenvalue weighted by Gasteiger charge is 2.34. The van der Waals surface area contributed by atoms with E-state index in [4.69, 9.17) is 10.5 Å². The summed E-state index contributed by atoms with van der Waals surface area (Å²) in [6, 6.07) is 8.27. The Bertz CT molecular complexity index is 757. The summed E-state index contributed by atoms with van der Waals surface area (Å²) in [6.07, 6.45) is 0. The molecule has 0 spiro atoms. The Labute approximate surface area is 114 Å². The first-order chi connectivity index (χ1) is 9.61. The second-order valence-corrected chi connectivity index (χ2v) is 4.49. The summed E-state index contributed by atoms with van der Waals surface area (Å²) < 4.78 is 19.4. The lowest BCUT2D eigenvalue weighted by Gasteiger charge is -2.22. The molecule has 0 amide bonds. The molecule has 0 radical (unpaired) electrons. The number of allylic oxidation sites excluding steroid dienone is 1. The average Bonchev–Trinajstić information content (AvgIpc) is 2.78. The largest absolute Gasteiger partial charge is 0.420 e. The minimum absolute atomic E-state index is 0.0419. The molecule has 0 fully saturated rings. The van der Waals surface area contributed by atoms with Crippen molar-refractivity contribution in [2.75, 3.05) is 0 Å². The maximum atomic E-state index is 14.1. The molecule has 3 rings (SSSR count). The van der Waals surface area contributed by atoms with Gasteiger partial charge in [0.2, 0.25) is 11.8 Å². The number of halogens is 1. The molecule has 0 aliphatic carbocycles. The molecular formula is C14H11FN4O. The Kier molecular flexibility index (Phi) is 2.68. The molecule has 3 N–H and O–H groups in total. The van der Waals surface area contributed by atoms with Crippen LogP contribution in [0.1, 0.15) is 23.0 Å². The summed E-state index contributed by atoms with van der Waals surface area (Å²) in [5, 5.41) is 9.29. The number of hydrogen-bond acceptors (Lipinski definition) is 4. The quantitative estimate of drug-likeness (QED) is 0.830. The van der Waals surface area contributed by atoms with Crippen LogP contribution >= 0.6 is 0 Å². The number of aromatic nitrogens is 2. The smallest absolute Gasteiger partial charge is 0.243 e. The van der Waals surface area contributed by atoms with E-state index in [-0.39, 0.29) is 17.3 Å². The molecule has 20 heavy (non-hydrogen) atoms. The van der Waals surface area contributed by atoms with Gasteiger partial charge in [-0.2, -0.15) is 10.2 Å². The minimum Gasteiger partial charge on any atom is -0.420 e. The van der Waals surface area contributed by atoms with Crippen molar-refractivity contribution in [2.45, 2.75) is 12.8 Å². The van der Waals surface area contributed by atoms with Gasteiger partial charge in [0, 0.05) is 5.56 Å². The number of rotatable bonds is 1. The van der Waals surface area contributed by atoms with E-state index in [0.29, 0.717) is 17.1 Å². The van der Waals surface area contributed by atoms with Crippen molar-refractivity contribution >= 4 is 0 Å². The lowest BCUT2D eigenvalue weighted by Crippen LogP contribution is -2.21. The Balaban J connectivity index is 2.26. The third-order valence-corrected chi connectivity index (χ3v) is 3.20. The fourth-order valence-corrected chi connectivity index (χ4v) is 2.35. The molecule has 2 heterocycles. The highest BCUT2D eigenvalue weighted by molar-refractivity contribution is 5.51. The zero-order valence-corrected chi connectivity index (χ0v) is 10.6. The summed E-state index contributed by atoms with van der Waals surface area (Å²) in [6.45, 7) is 1.75. The summed E-state index contributed by atoms with van der Waals surface area (Å²) in [7, 11) is 0. The van der Waals surface area contributed by atoms with Crippen molar-refractivity contribution in [1.82, 2.24) is 9.97 Å². The molecule has 5 nitrogen and oxygen atoms in total. The van der Waals surface area contributed by atoms with Gasteiger partial charge in [-0.05, 0) is 13.0 Å². The lowest BCUT2D eigenvalue weighted by atomic mass is 9.87. The van der Waals surface area contributed by atoms with Gasteiger partial charge < -0.3 is 15.5 Å². The van der Waals surface area contributed by atoms with Crippen LogP contribution in [0.5, 0.6) is 5.88 Å². The summed E-state index contributed by atoms with van der Waals surface area (Å²) in [5.74, 6) is -0.181. The molecule has 6 heteroatoms. The molecule has 0 bridgehead atoms. The van der Waals surface area contributed by atoms with E-state index in [9.17, 15) is 9.65 Å². The van der Waals surface area contributed by atoms with Crippen molar-refractivity contribution in [2.24, 2.45) is 5.73 Å². The van der Waals surface area contributed by atoms with Crippen molar-refractivity contribution in [3.63, 3.8) is 0 Å². The van der Waals surface area contributed by atoms with Gasteiger partial charge in [0.15, 0.2) is 0 Å². The number of aryl methyl sites for hydroxylation is 1. The maximum absolute atomic E-state index is 14.1. The Morgan fingerprint density at radius 3 is 2.90 bits per heavy atom. The first-order valence-corrected chi connectivity index (χ1v) is 6.00. The number of imidazole rings is 1. The molecule has 0 saturated carbocycles. The van der Waals surface area contributed by atoms with Crippen molar-refractivity contribution < 1.29 is 9.13 Å². The average molecular weight is 270 g/mol. The molecule has 1 aliphatic rings. The van der Waals surface area contributed by atoms with E-state index in [1.807, 2.05) is 6.07 Å². The van der Waals surface area contributed by atoms with Gasteiger partial charge >= 0.3 is 0 Å². The predicted octanol–water partition coefficient (Wildman–Crippen LogP) is 2.08. The maximum Gasteiger partial charge on any atom is 0.243 e. The summed E-state index contributed by atoms with van der Waals surface area (Å²) in [5.41, 5.74) is 6.82. The predicted molar refractivity (Wildman–Crippen MR) is 69.0 cm³/mol. The van der Waals surface area contributed by atoms with Crippen LogP contribution in [0.25, 0.3) is 0 Å². The monoisotopic (exact) mass is 270 g/mol. The molecule has 2 aromatic rings. The minimum atomic E-state index is -0.633. The summed E-state index contributed by atoms with van der Waals surface area (Å²) >= 11 is 0. The van der Waals surface area contributed by atoms with Gasteiger partial charge in [0.05, 0.1) is 11.6 Å². The molecule has 1 aromatic heterocycles. The van der Waals surface area contributed by atoms with Crippen LogP contribution in [0, 0.1) is 24.1 Å². The number of nitrogens with one attached hydrogen (secondary N) is 1. The third-order valence-electron chi connectivity index (χ3n) is 3.20. The van der Waals surface area contributed by atoms with Gasteiger partial charge in [0.1, 0.15) is 23.3 Å². The Morgan fingerprint density at radius 2 is 2.20 bits per heavy atom. The number of ether oxygens (including phenoxy) is 1. The van der Waals surface area contributed by atoms with E-state index in [1.165, 1.54) is 6.07 Å². The topological polar surface area (TPSA) is 87.7 Å². The number of fused-ring (bicyclic) bond motifs is 1. The fourth-order valence-electron chi connectivity index (χ4n) is 2.35. The van der Waals surface area contributed by atoms with Crippen LogP contribution in [0.15, 0.2) is 35.7 Å². The second kappa shape index (κ2) is 4.38. The zero-order chi connectivity index (χ0) is 14.3. The van der Waals surface area contributed by atoms with Gasteiger partial charge in [0.25, 0.3) is 0 Å². The molecule has 1 aromatic carbocycles. The van der Waals surface area contributed by atoms with Crippen LogP contribution in [-0.4, -0.2) is 9.97 Å². The van der Waals surface area contributed by atoms with Gasteiger partial charge in [-0.15, -0.1) is 0 Å². The number of nitriles is 1. The van der Waals surface area contributed by atoms with Gasteiger partial charge in [-0.3, -0.25) is 0 Å². The Morgan fingerprint density at radius 1 is 1.45 bits per heavy atom. The van der Waals surface area contributed by atoms with E-state index < -0.39 is 11.7 Å². The normalized spacial score (nSPS) is 17.4. The lowest BCUT2D eigenvalue weighted by molar-refractivity contribution is 0.378. The molecule has 1 unspecified atom stereocenters. The van der Waals surface area contributed by atoms with Gasteiger partial charge in [-0.25, -0.2) is 4.39 Å². The van der Waals surface area contributed by atoms with Crippen molar-refractivity contribution in [3.8, 4) is 11.9 Å². The summed E-state index contributed by atoms with van der Waals surface area (Å²) in [4.78, 5) is 7.17.